The van der Waals surface area contributed by atoms with E-state index in [0.717, 1.165) is 16.6 Å². The van der Waals surface area contributed by atoms with Crippen LogP contribution in [0.3, 0.4) is 0 Å². The summed E-state index contributed by atoms with van der Waals surface area (Å²) in [5.74, 6) is -2.16. The summed E-state index contributed by atoms with van der Waals surface area (Å²) in [6.07, 6.45) is 0. The van der Waals surface area contributed by atoms with Crippen molar-refractivity contribution in [3.8, 4) is 11.3 Å². The van der Waals surface area contributed by atoms with Crippen LogP contribution in [0, 0.1) is 6.92 Å². The van der Waals surface area contributed by atoms with Gasteiger partial charge in [-0.1, -0.05) is 66.2 Å². The Balaban J connectivity index is 1.60. The summed E-state index contributed by atoms with van der Waals surface area (Å²) in [5.41, 5.74) is 8.27. The molecule has 6 nitrogen and oxygen atoms in total. The molecule has 0 aliphatic rings. The number of Topliss-reactive ketones (excluding diaryl/α,β-unsaturated/α-hetero) is 1. The van der Waals surface area contributed by atoms with Crippen molar-refractivity contribution >= 4 is 28.5 Å². The van der Waals surface area contributed by atoms with Gasteiger partial charge in [0.1, 0.15) is 0 Å². The van der Waals surface area contributed by atoms with Crippen LogP contribution in [0.2, 0.25) is 0 Å². The fourth-order valence-electron chi connectivity index (χ4n) is 3.26. The Kier molecular flexibility index (Phi) is 5.13. The van der Waals surface area contributed by atoms with E-state index in [-0.39, 0.29) is 5.56 Å². The van der Waals surface area contributed by atoms with Gasteiger partial charge in [0.2, 0.25) is 0 Å². The molecule has 0 atom stereocenters. The predicted molar refractivity (Wildman–Crippen MR) is 115 cm³/mol. The number of rotatable bonds is 4. The van der Waals surface area contributed by atoms with Crippen molar-refractivity contribution in [2.24, 2.45) is 0 Å². The van der Waals surface area contributed by atoms with Crippen LogP contribution in [0.1, 0.15) is 26.3 Å². The second-order valence-corrected chi connectivity index (χ2v) is 6.89. The number of para-hydroxylation sites is 1. The zero-order valence-corrected chi connectivity index (χ0v) is 16.2. The molecule has 3 aromatic carbocycles. The Labute approximate surface area is 172 Å². The summed E-state index contributed by atoms with van der Waals surface area (Å²) in [7, 11) is 0. The van der Waals surface area contributed by atoms with Gasteiger partial charge in [-0.05, 0) is 30.7 Å². The van der Waals surface area contributed by atoms with Crippen LogP contribution in [0.5, 0.6) is 0 Å². The van der Waals surface area contributed by atoms with Gasteiger partial charge in [-0.3, -0.25) is 25.2 Å². The van der Waals surface area contributed by atoms with Crippen LogP contribution in [0.25, 0.3) is 22.2 Å². The van der Waals surface area contributed by atoms with E-state index in [0.29, 0.717) is 16.6 Å². The standard InChI is InChI=1S/C24H19N3O3/c1-15-11-13-17(14-12-15)23(29)26-27-24(30)22(28)20-18-9-5-6-10-19(18)25-21(20)16-7-3-2-4-8-16/h2-14,25H,1H3,(H,26,29)(H,27,30). The number of carbonyl (C=O) groups excluding carboxylic acids is 3. The maximum absolute atomic E-state index is 13.0. The maximum Gasteiger partial charge on any atom is 0.310 e. The Morgan fingerprint density at radius 2 is 1.43 bits per heavy atom. The summed E-state index contributed by atoms with van der Waals surface area (Å²) in [5, 5.41) is 0.640. The van der Waals surface area contributed by atoms with Crippen LogP contribution < -0.4 is 10.9 Å². The minimum absolute atomic E-state index is 0.263. The number of amides is 2. The molecule has 3 N–H and O–H groups in total. The number of aromatic amines is 1. The third-order valence-corrected chi connectivity index (χ3v) is 4.81. The molecule has 4 rings (SSSR count). The predicted octanol–water partition coefficient (Wildman–Crippen LogP) is 3.79. The average molecular weight is 397 g/mol. The molecule has 2 amide bonds. The van der Waals surface area contributed by atoms with Crippen molar-refractivity contribution in [2.45, 2.75) is 6.92 Å². The number of hydrogen-bond donors (Lipinski definition) is 3. The number of H-pyrrole nitrogens is 1. The number of aryl methyl sites for hydroxylation is 1. The number of nitrogens with one attached hydrogen (secondary N) is 3. The van der Waals surface area contributed by atoms with Gasteiger partial charge < -0.3 is 4.98 Å². The number of hydrogen-bond acceptors (Lipinski definition) is 3. The van der Waals surface area contributed by atoms with E-state index in [1.165, 1.54) is 0 Å². The average Bonchev–Trinajstić information content (AvgIpc) is 3.17. The molecule has 0 radical (unpaired) electrons. The highest BCUT2D eigenvalue weighted by atomic mass is 16.2. The normalized spacial score (nSPS) is 10.6. The topological polar surface area (TPSA) is 91.1 Å². The summed E-state index contributed by atoms with van der Waals surface area (Å²) < 4.78 is 0. The van der Waals surface area contributed by atoms with E-state index in [9.17, 15) is 14.4 Å². The SMILES string of the molecule is Cc1ccc(C(=O)NNC(=O)C(=O)c2c(-c3ccccc3)[nH]c3ccccc23)cc1. The summed E-state index contributed by atoms with van der Waals surface area (Å²) in [6, 6.07) is 23.5. The molecule has 1 heterocycles. The van der Waals surface area contributed by atoms with E-state index in [2.05, 4.69) is 15.8 Å². The minimum atomic E-state index is -0.919. The first-order valence-electron chi connectivity index (χ1n) is 9.42. The van der Waals surface area contributed by atoms with E-state index >= 15 is 0 Å². The van der Waals surface area contributed by atoms with Gasteiger partial charge in [0.25, 0.3) is 11.7 Å². The molecule has 0 spiro atoms. The molecule has 0 fully saturated rings. The number of fused-ring (bicyclic) bond motifs is 1. The molecule has 1 aromatic heterocycles. The van der Waals surface area contributed by atoms with Crippen molar-refractivity contribution in [3.63, 3.8) is 0 Å². The lowest BCUT2D eigenvalue weighted by molar-refractivity contribution is -0.117. The first kappa shape index (κ1) is 19.1. The van der Waals surface area contributed by atoms with Gasteiger partial charge in [0.05, 0.1) is 11.3 Å². The lowest BCUT2D eigenvalue weighted by Gasteiger charge is -2.08. The third kappa shape index (κ3) is 3.71. The summed E-state index contributed by atoms with van der Waals surface area (Å²) in [6.45, 7) is 1.91. The fraction of sp³-hybridized carbons (Fsp3) is 0.0417. The van der Waals surface area contributed by atoms with Gasteiger partial charge in [0.15, 0.2) is 0 Å². The summed E-state index contributed by atoms with van der Waals surface area (Å²) >= 11 is 0. The Morgan fingerprint density at radius 3 is 2.17 bits per heavy atom. The van der Waals surface area contributed by atoms with Gasteiger partial charge in [-0.25, -0.2) is 0 Å². The highest BCUT2D eigenvalue weighted by molar-refractivity contribution is 6.46. The van der Waals surface area contributed by atoms with Crippen molar-refractivity contribution in [2.75, 3.05) is 0 Å². The second-order valence-electron chi connectivity index (χ2n) is 6.89. The monoisotopic (exact) mass is 397 g/mol. The smallest absolute Gasteiger partial charge is 0.310 e. The van der Waals surface area contributed by atoms with Crippen molar-refractivity contribution < 1.29 is 14.4 Å². The Bertz CT molecular complexity index is 1240. The molecular weight excluding hydrogens is 378 g/mol. The van der Waals surface area contributed by atoms with E-state index < -0.39 is 17.6 Å². The molecule has 0 bridgehead atoms. The van der Waals surface area contributed by atoms with Gasteiger partial charge in [-0.2, -0.15) is 0 Å². The molecule has 0 aliphatic heterocycles. The number of carbonyl (C=O) groups is 3. The van der Waals surface area contributed by atoms with Crippen LogP contribution in [-0.4, -0.2) is 22.6 Å². The largest absolute Gasteiger partial charge is 0.354 e. The number of ketones is 1. The molecule has 0 saturated heterocycles. The molecule has 0 unspecified atom stereocenters. The third-order valence-electron chi connectivity index (χ3n) is 4.81. The molecule has 0 aliphatic carbocycles. The van der Waals surface area contributed by atoms with Crippen molar-refractivity contribution in [1.29, 1.82) is 0 Å². The van der Waals surface area contributed by atoms with Crippen LogP contribution in [0.15, 0.2) is 78.9 Å². The molecule has 0 saturated carbocycles. The zero-order valence-electron chi connectivity index (χ0n) is 16.2. The van der Waals surface area contributed by atoms with E-state index in [1.807, 2.05) is 49.4 Å². The number of benzene rings is 3. The summed E-state index contributed by atoms with van der Waals surface area (Å²) in [4.78, 5) is 41.0. The van der Waals surface area contributed by atoms with Crippen LogP contribution in [-0.2, 0) is 4.79 Å². The maximum atomic E-state index is 13.0. The Morgan fingerprint density at radius 1 is 0.767 bits per heavy atom. The second kappa shape index (κ2) is 8.05. The lowest BCUT2D eigenvalue weighted by atomic mass is 10.0. The van der Waals surface area contributed by atoms with Gasteiger partial charge >= 0.3 is 5.91 Å². The molecule has 4 aromatic rings. The number of hydrazine groups is 1. The molecule has 148 valence electrons. The minimum Gasteiger partial charge on any atom is -0.354 e. The van der Waals surface area contributed by atoms with E-state index in [1.54, 1.807) is 36.4 Å². The van der Waals surface area contributed by atoms with Crippen LogP contribution >= 0.6 is 0 Å². The van der Waals surface area contributed by atoms with E-state index in [4.69, 9.17) is 0 Å². The lowest BCUT2D eigenvalue weighted by Crippen LogP contribution is -2.45. The first-order valence-corrected chi connectivity index (χ1v) is 9.42. The highest BCUT2D eigenvalue weighted by Crippen LogP contribution is 2.30. The van der Waals surface area contributed by atoms with Crippen molar-refractivity contribution in [3.05, 3.63) is 95.6 Å². The highest BCUT2D eigenvalue weighted by Gasteiger charge is 2.25. The molecule has 30 heavy (non-hydrogen) atoms. The van der Waals surface area contributed by atoms with Gasteiger partial charge in [-0.15, -0.1) is 0 Å². The molecular formula is C24H19N3O3. The Hall–Kier alpha value is -4.19. The first-order chi connectivity index (χ1) is 14.5. The molecule has 6 heteroatoms. The van der Waals surface area contributed by atoms with Crippen LogP contribution in [0.4, 0.5) is 0 Å². The van der Waals surface area contributed by atoms with Gasteiger partial charge in [0, 0.05) is 16.5 Å². The van der Waals surface area contributed by atoms with Crippen molar-refractivity contribution in [1.82, 2.24) is 15.8 Å². The fourth-order valence-corrected chi connectivity index (χ4v) is 3.26. The quantitative estimate of drug-likeness (QED) is 0.278. The number of aromatic nitrogens is 1. The zero-order chi connectivity index (χ0) is 21.1.